The number of quaternary nitrogens is 1. The number of fused-ring (bicyclic) bond motifs is 5. The first-order chi connectivity index (χ1) is 12.1. The summed E-state index contributed by atoms with van der Waals surface area (Å²) in [6.45, 7) is 3.17. The van der Waals surface area contributed by atoms with Gasteiger partial charge in [0.05, 0.1) is 20.2 Å². The van der Waals surface area contributed by atoms with Gasteiger partial charge >= 0.3 is 5.97 Å². The lowest BCUT2D eigenvalue weighted by atomic mass is 9.94. The van der Waals surface area contributed by atoms with E-state index < -0.39 is 5.92 Å². The number of esters is 1. The SMILES string of the molecule is CCC[N+]1(C)[C@@H]2CC(OC(=O)[C@H](CO)c3ccccc3)C[C@H]1[C@@H]1O[C@@H]12. The molecule has 0 aromatic heterocycles. The Morgan fingerprint density at radius 3 is 2.48 bits per heavy atom. The first-order valence-corrected chi connectivity index (χ1v) is 9.45. The molecule has 136 valence electrons. The predicted molar refractivity (Wildman–Crippen MR) is 93.0 cm³/mol. The van der Waals surface area contributed by atoms with Crippen molar-refractivity contribution in [3.8, 4) is 0 Å². The van der Waals surface area contributed by atoms with E-state index in [1.54, 1.807) is 0 Å². The van der Waals surface area contributed by atoms with Crippen LogP contribution in [0.4, 0.5) is 0 Å². The van der Waals surface area contributed by atoms with Gasteiger partial charge in [-0.25, -0.2) is 0 Å². The Morgan fingerprint density at radius 2 is 1.92 bits per heavy atom. The molecule has 1 N–H and O–H groups in total. The third kappa shape index (κ3) is 2.78. The Morgan fingerprint density at radius 1 is 1.28 bits per heavy atom. The average molecular weight is 346 g/mol. The normalized spacial score (nSPS) is 39.6. The fourth-order valence-corrected chi connectivity index (χ4v) is 5.21. The first kappa shape index (κ1) is 17.0. The summed E-state index contributed by atoms with van der Waals surface area (Å²) in [7, 11) is 2.34. The third-order valence-electron chi connectivity index (χ3n) is 6.50. The number of morpholine rings is 1. The highest BCUT2D eigenvalue weighted by Gasteiger charge is 2.71. The lowest BCUT2D eigenvalue weighted by Crippen LogP contribution is -2.62. The number of nitrogens with zero attached hydrogens (tertiary/aromatic N) is 1. The number of aliphatic hydroxyl groups excluding tert-OH is 1. The molecule has 1 aromatic carbocycles. The predicted octanol–water partition coefficient (Wildman–Crippen LogP) is 1.84. The van der Waals surface area contributed by atoms with Crippen LogP contribution in [0.15, 0.2) is 30.3 Å². The molecular formula is C20H28NO4+. The van der Waals surface area contributed by atoms with Crippen molar-refractivity contribution in [3.05, 3.63) is 35.9 Å². The summed E-state index contributed by atoms with van der Waals surface area (Å²) >= 11 is 0. The maximum Gasteiger partial charge on any atom is 0.316 e. The summed E-state index contributed by atoms with van der Waals surface area (Å²) in [5.41, 5.74) is 0.812. The molecule has 0 aliphatic carbocycles. The second-order valence-electron chi connectivity index (χ2n) is 7.95. The minimum atomic E-state index is -0.594. The molecule has 5 heteroatoms. The van der Waals surface area contributed by atoms with Gasteiger partial charge < -0.3 is 19.1 Å². The van der Waals surface area contributed by atoms with E-state index in [1.165, 1.54) is 0 Å². The zero-order valence-electron chi connectivity index (χ0n) is 15.0. The monoisotopic (exact) mass is 346 g/mol. The second kappa shape index (κ2) is 6.38. The van der Waals surface area contributed by atoms with Gasteiger partial charge in [0.2, 0.25) is 0 Å². The van der Waals surface area contributed by atoms with E-state index in [0.29, 0.717) is 24.3 Å². The van der Waals surface area contributed by atoms with Gasteiger partial charge in [0.15, 0.2) is 0 Å². The van der Waals surface area contributed by atoms with Crippen LogP contribution in [0.2, 0.25) is 0 Å². The molecule has 0 saturated carbocycles. The van der Waals surface area contributed by atoms with Crippen LogP contribution in [0.3, 0.4) is 0 Å². The smallest absolute Gasteiger partial charge is 0.316 e. The molecule has 3 saturated heterocycles. The zero-order chi connectivity index (χ0) is 17.6. The molecule has 1 aromatic rings. The van der Waals surface area contributed by atoms with E-state index in [2.05, 4.69) is 14.0 Å². The quantitative estimate of drug-likeness (QED) is 0.485. The number of hydrogen-bond acceptors (Lipinski definition) is 4. The largest absolute Gasteiger partial charge is 0.461 e. The van der Waals surface area contributed by atoms with E-state index >= 15 is 0 Å². The van der Waals surface area contributed by atoms with E-state index in [1.807, 2.05) is 30.3 Å². The lowest BCUT2D eigenvalue weighted by Gasteiger charge is -2.48. The van der Waals surface area contributed by atoms with Crippen molar-refractivity contribution in [1.82, 2.24) is 0 Å². The molecule has 0 radical (unpaired) electrons. The molecule has 5 nitrogen and oxygen atoms in total. The summed E-state index contributed by atoms with van der Waals surface area (Å²) in [5.74, 6) is -0.901. The molecule has 2 bridgehead atoms. The lowest BCUT2D eigenvalue weighted by molar-refractivity contribution is -0.956. The topological polar surface area (TPSA) is 59.1 Å². The van der Waals surface area contributed by atoms with Gasteiger partial charge in [-0.1, -0.05) is 37.3 Å². The Kier molecular flexibility index (Phi) is 4.34. The van der Waals surface area contributed by atoms with Crippen LogP contribution >= 0.6 is 0 Å². The van der Waals surface area contributed by atoms with E-state index in [-0.39, 0.29) is 18.7 Å². The van der Waals surface area contributed by atoms with Gasteiger partial charge in [0.25, 0.3) is 0 Å². The summed E-state index contributed by atoms with van der Waals surface area (Å²) < 4.78 is 12.8. The number of hydrogen-bond donors (Lipinski definition) is 1. The molecular weight excluding hydrogens is 318 g/mol. The van der Waals surface area contributed by atoms with Gasteiger partial charge in [0.1, 0.15) is 36.3 Å². The van der Waals surface area contributed by atoms with Gasteiger partial charge in [-0.2, -0.15) is 0 Å². The number of rotatable bonds is 6. The van der Waals surface area contributed by atoms with Crippen LogP contribution in [0.1, 0.15) is 37.7 Å². The van der Waals surface area contributed by atoms with Crippen LogP contribution in [-0.2, 0) is 14.3 Å². The van der Waals surface area contributed by atoms with Crippen molar-refractivity contribution in [2.45, 2.75) is 62.5 Å². The molecule has 3 aliphatic rings. The van der Waals surface area contributed by atoms with E-state index in [4.69, 9.17) is 9.47 Å². The number of carbonyl (C=O) groups is 1. The van der Waals surface area contributed by atoms with Gasteiger partial charge in [-0.3, -0.25) is 4.79 Å². The number of carbonyl (C=O) groups excluding carboxylic acids is 1. The molecule has 7 atom stereocenters. The fraction of sp³-hybridized carbons (Fsp3) is 0.650. The maximum atomic E-state index is 12.6. The highest BCUT2D eigenvalue weighted by atomic mass is 16.6. The Hall–Kier alpha value is -1.43. The maximum absolute atomic E-state index is 12.6. The second-order valence-corrected chi connectivity index (χ2v) is 7.95. The third-order valence-corrected chi connectivity index (χ3v) is 6.50. The molecule has 0 spiro atoms. The Balaban J connectivity index is 1.44. The number of aliphatic hydroxyl groups is 1. The van der Waals surface area contributed by atoms with Crippen molar-refractivity contribution in [1.29, 1.82) is 0 Å². The standard InChI is InChI=1S/C20H28NO4/c1-3-9-21(2)16-10-14(11-17(21)19-18(16)25-19)24-20(23)15(12-22)13-7-5-4-6-8-13/h4-8,14-19,22H,3,9-12H2,1-2H3/q+1/t14?,15-,16-,17+,18-,19+,21?/m1/s1. The Bertz CT molecular complexity index is 616. The fourth-order valence-electron chi connectivity index (χ4n) is 5.21. The van der Waals surface area contributed by atoms with Crippen LogP contribution < -0.4 is 0 Å². The van der Waals surface area contributed by atoms with Crippen molar-refractivity contribution >= 4 is 5.97 Å². The zero-order valence-corrected chi connectivity index (χ0v) is 15.0. The summed E-state index contributed by atoms with van der Waals surface area (Å²) in [5, 5.41) is 9.67. The molecule has 25 heavy (non-hydrogen) atoms. The molecule has 3 heterocycles. The van der Waals surface area contributed by atoms with Crippen molar-refractivity contribution in [3.63, 3.8) is 0 Å². The minimum absolute atomic E-state index is 0.0558. The van der Waals surface area contributed by atoms with Crippen molar-refractivity contribution in [2.24, 2.45) is 0 Å². The first-order valence-electron chi connectivity index (χ1n) is 9.45. The molecule has 0 amide bonds. The van der Waals surface area contributed by atoms with Crippen LogP contribution in [-0.4, -0.2) is 66.2 Å². The number of ether oxygens (including phenoxy) is 2. The van der Waals surface area contributed by atoms with Gasteiger partial charge in [0, 0.05) is 12.8 Å². The van der Waals surface area contributed by atoms with Gasteiger partial charge in [-0.15, -0.1) is 0 Å². The van der Waals surface area contributed by atoms with Gasteiger partial charge in [-0.05, 0) is 12.0 Å². The number of benzene rings is 1. The number of piperidine rings is 1. The molecule has 3 fully saturated rings. The van der Waals surface area contributed by atoms with Crippen LogP contribution in [0.25, 0.3) is 0 Å². The van der Waals surface area contributed by atoms with E-state index in [9.17, 15) is 9.90 Å². The number of epoxide rings is 1. The molecule has 2 unspecified atom stereocenters. The minimum Gasteiger partial charge on any atom is -0.461 e. The molecule has 4 rings (SSSR count). The van der Waals surface area contributed by atoms with Crippen LogP contribution in [0.5, 0.6) is 0 Å². The summed E-state index contributed by atoms with van der Waals surface area (Å²) in [6.07, 6.45) is 3.55. The van der Waals surface area contributed by atoms with Crippen LogP contribution in [0, 0.1) is 0 Å². The highest BCUT2D eigenvalue weighted by Crippen LogP contribution is 2.52. The summed E-state index contributed by atoms with van der Waals surface area (Å²) in [6, 6.07) is 10.3. The van der Waals surface area contributed by atoms with Crippen molar-refractivity contribution in [2.75, 3.05) is 20.2 Å². The van der Waals surface area contributed by atoms with Crippen molar-refractivity contribution < 1.29 is 23.9 Å². The number of likely N-dealkylation sites (N-methyl/N-ethyl adjacent to an activating group) is 1. The molecule has 3 aliphatic heterocycles. The van der Waals surface area contributed by atoms with E-state index in [0.717, 1.165) is 35.9 Å². The average Bonchev–Trinajstić information content (AvgIpc) is 3.35. The summed E-state index contributed by atoms with van der Waals surface area (Å²) in [4.78, 5) is 12.6. The highest BCUT2D eigenvalue weighted by molar-refractivity contribution is 5.78. The Labute approximate surface area is 149 Å².